The van der Waals surface area contributed by atoms with E-state index in [1.54, 1.807) is 6.20 Å². The standard InChI is InChI=1S/C22H32N6O2/c1-14(2)24-20(29)13-26-7-9-27(10-8-26)22(30)17-11-19(16-5-6-16)25-21-18(17)12-23-28(21)15(3)4/h11-12,14-16H,5-10,13H2,1-4H3,(H,24,29). The van der Waals surface area contributed by atoms with E-state index in [9.17, 15) is 9.59 Å². The molecule has 1 aliphatic carbocycles. The van der Waals surface area contributed by atoms with Crippen molar-refractivity contribution in [3.63, 3.8) is 0 Å². The van der Waals surface area contributed by atoms with Crippen LogP contribution in [0.5, 0.6) is 0 Å². The van der Waals surface area contributed by atoms with Gasteiger partial charge in [0, 0.05) is 49.9 Å². The summed E-state index contributed by atoms with van der Waals surface area (Å²) in [5, 5.41) is 8.26. The van der Waals surface area contributed by atoms with Gasteiger partial charge in [-0.25, -0.2) is 9.67 Å². The number of amides is 2. The number of aromatic nitrogens is 3. The maximum Gasteiger partial charge on any atom is 0.254 e. The molecular formula is C22H32N6O2. The summed E-state index contributed by atoms with van der Waals surface area (Å²) in [6.07, 6.45) is 4.05. The SMILES string of the molecule is CC(C)NC(=O)CN1CCN(C(=O)c2cc(C3CC3)nc3c2cnn3C(C)C)CC1. The molecule has 0 unspecified atom stereocenters. The third-order valence-corrected chi connectivity index (χ3v) is 5.78. The molecule has 30 heavy (non-hydrogen) atoms. The van der Waals surface area contributed by atoms with E-state index in [0.29, 0.717) is 44.2 Å². The van der Waals surface area contributed by atoms with E-state index in [0.717, 1.165) is 29.6 Å². The van der Waals surface area contributed by atoms with Crippen molar-refractivity contribution in [2.24, 2.45) is 0 Å². The van der Waals surface area contributed by atoms with Crippen molar-refractivity contribution in [2.75, 3.05) is 32.7 Å². The third-order valence-electron chi connectivity index (χ3n) is 5.78. The Hall–Kier alpha value is -2.48. The first-order valence-corrected chi connectivity index (χ1v) is 11.0. The Kier molecular flexibility index (Phi) is 5.77. The van der Waals surface area contributed by atoms with E-state index >= 15 is 0 Å². The van der Waals surface area contributed by atoms with Gasteiger partial charge in [0.25, 0.3) is 5.91 Å². The van der Waals surface area contributed by atoms with Crippen LogP contribution in [-0.4, -0.2) is 75.1 Å². The Labute approximate surface area is 177 Å². The highest BCUT2D eigenvalue weighted by Gasteiger charge is 2.30. The summed E-state index contributed by atoms with van der Waals surface area (Å²) in [6.45, 7) is 11.1. The zero-order valence-electron chi connectivity index (χ0n) is 18.4. The van der Waals surface area contributed by atoms with Crippen molar-refractivity contribution in [2.45, 2.75) is 58.5 Å². The monoisotopic (exact) mass is 412 g/mol. The van der Waals surface area contributed by atoms with E-state index in [2.05, 4.69) is 29.2 Å². The molecule has 0 spiro atoms. The molecule has 0 bridgehead atoms. The summed E-state index contributed by atoms with van der Waals surface area (Å²) in [4.78, 5) is 34.3. The Morgan fingerprint density at radius 3 is 2.43 bits per heavy atom. The third kappa shape index (κ3) is 4.33. The quantitative estimate of drug-likeness (QED) is 0.786. The summed E-state index contributed by atoms with van der Waals surface area (Å²) in [5.74, 6) is 0.544. The molecule has 1 N–H and O–H groups in total. The van der Waals surface area contributed by atoms with E-state index in [4.69, 9.17) is 4.98 Å². The molecule has 1 saturated heterocycles. The van der Waals surface area contributed by atoms with Crippen molar-refractivity contribution >= 4 is 22.8 Å². The van der Waals surface area contributed by atoms with Crippen LogP contribution in [-0.2, 0) is 4.79 Å². The number of carbonyl (C=O) groups excluding carboxylic acids is 2. The lowest BCUT2D eigenvalue weighted by Gasteiger charge is -2.34. The normalized spacial score (nSPS) is 17.9. The van der Waals surface area contributed by atoms with Gasteiger partial charge in [0.05, 0.1) is 23.7 Å². The van der Waals surface area contributed by atoms with E-state index in [-0.39, 0.29) is 23.9 Å². The van der Waals surface area contributed by atoms with Gasteiger partial charge in [0.2, 0.25) is 5.91 Å². The van der Waals surface area contributed by atoms with Gasteiger partial charge >= 0.3 is 0 Å². The minimum Gasteiger partial charge on any atom is -0.353 e. The van der Waals surface area contributed by atoms with Gasteiger partial charge < -0.3 is 10.2 Å². The average molecular weight is 413 g/mol. The lowest BCUT2D eigenvalue weighted by molar-refractivity contribution is -0.123. The van der Waals surface area contributed by atoms with Crippen molar-refractivity contribution in [3.8, 4) is 0 Å². The lowest BCUT2D eigenvalue weighted by Crippen LogP contribution is -2.51. The first-order valence-electron chi connectivity index (χ1n) is 11.0. The minimum atomic E-state index is 0.0378. The number of pyridine rings is 1. The van der Waals surface area contributed by atoms with Crippen LogP contribution in [0.25, 0.3) is 11.0 Å². The molecule has 1 aliphatic heterocycles. The van der Waals surface area contributed by atoms with Crippen LogP contribution in [0.3, 0.4) is 0 Å². The first kappa shape index (κ1) is 20.8. The summed E-state index contributed by atoms with van der Waals surface area (Å²) >= 11 is 0. The smallest absolute Gasteiger partial charge is 0.254 e. The van der Waals surface area contributed by atoms with Crippen LogP contribution in [0.15, 0.2) is 12.3 Å². The van der Waals surface area contributed by atoms with Gasteiger partial charge in [0.15, 0.2) is 5.65 Å². The summed E-state index contributed by atoms with van der Waals surface area (Å²) in [6, 6.07) is 2.31. The second-order valence-electron chi connectivity index (χ2n) is 9.08. The molecule has 0 radical (unpaired) electrons. The predicted octanol–water partition coefficient (Wildman–Crippen LogP) is 2.17. The molecule has 0 atom stereocenters. The van der Waals surface area contributed by atoms with Crippen LogP contribution in [0.1, 0.15) is 68.5 Å². The molecule has 2 fully saturated rings. The number of hydrogen-bond donors (Lipinski definition) is 1. The summed E-state index contributed by atoms with van der Waals surface area (Å²) in [7, 11) is 0. The number of nitrogens with one attached hydrogen (secondary N) is 1. The molecule has 2 amide bonds. The van der Waals surface area contributed by atoms with Gasteiger partial charge in [-0.05, 0) is 46.6 Å². The minimum absolute atomic E-state index is 0.0378. The van der Waals surface area contributed by atoms with Gasteiger partial charge in [-0.3, -0.25) is 14.5 Å². The number of piperazine rings is 1. The second kappa shape index (κ2) is 8.34. The Morgan fingerprint density at radius 2 is 1.83 bits per heavy atom. The summed E-state index contributed by atoms with van der Waals surface area (Å²) in [5.41, 5.74) is 2.53. The Balaban J connectivity index is 1.50. The molecule has 162 valence electrons. The predicted molar refractivity (Wildman–Crippen MR) is 116 cm³/mol. The maximum absolute atomic E-state index is 13.4. The topological polar surface area (TPSA) is 83.4 Å². The average Bonchev–Trinajstić information content (AvgIpc) is 3.45. The second-order valence-corrected chi connectivity index (χ2v) is 9.08. The highest BCUT2D eigenvalue weighted by molar-refractivity contribution is 6.05. The van der Waals surface area contributed by atoms with Gasteiger partial charge in [0.1, 0.15) is 0 Å². The van der Waals surface area contributed by atoms with Crippen LogP contribution < -0.4 is 5.32 Å². The molecule has 1 saturated carbocycles. The Bertz CT molecular complexity index is 938. The lowest BCUT2D eigenvalue weighted by atomic mass is 10.1. The van der Waals surface area contributed by atoms with Crippen molar-refractivity contribution in [3.05, 3.63) is 23.5 Å². The molecule has 2 aromatic heterocycles. The van der Waals surface area contributed by atoms with E-state index in [1.165, 1.54) is 0 Å². The van der Waals surface area contributed by atoms with E-state index < -0.39 is 0 Å². The van der Waals surface area contributed by atoms with Crippen LogP contribution in [0.2, 0.25) is 0 Å². The fourth-order valence-corrected chi connectivity index (χ4v) is 4.03. The number of hydrogen-bond acceptors (Lipinski definition) is 5. The largest absolute Gasteiger partial charge is 0.353 e. The molecule has 3 heterocycles. The van der Waals surface area contributed by atoms with Crippen molar-refractivity contribution < 1.29 is 9.59 Å². The number of rotatable bonds is 6. The Morgan fingerprint density at radius 1 is 1.13 bits per heavy atom. The number of nitrogens with zero attached hydrogens (tertiary/aromatic N) is 5. The van der Waals surface area contributed by atoms with Crippen molar-refractivity contribution in [1.82, 2.24) is 29.9 Å². The zero-order valence-corrected chi connectivity index (χ0v) is 18.4. The molecule has 2 aliphatic rings. The summed E-state index contributed by atoms with van der Waals surface area (Å²) < 4.78 is 1.91. The van der Waals surface area contributed by atoms with Gasteiger partial charge in [-0.1, -0.05) is 0 Å². The first-order chi connectivity index (χ1) is 14.3. The fourth-order valence-electron chi connectivity index (χ4n) is 4.03. The highest BCUT2D eigenvalue weighted by atomic mass is 16.2. The van der Waals surface area contributed by atoms with Crippen LogP contribution >= 0.6 is 0 Å². The van der Waals surface area contributed by atoms with Gasteiger partial charge in [-0.15, -0.1) is 0 Å². The molecule has 4 rings (SSSR count). The van der Waals surface area contributed by atoms with E-state index in [1.807, 2.05) is 29.5 Å². The van der Waals surface area contributed by atoms with Crippen LogP contribution in [0, 0.1) is 0 Å². The fraction of sp³-hybridized carbons (Fsp3) is 0.636. The van der Waals surface area contributed by atoms with Crippen molar-refractivity contribution in [1.29, 1.82) is 0 Å². The number of fused-ring (bicyclic) bond motifs is 1. The molecule has 0 aromatic carbocycles. The molecule has 8 nitrogen and oxygen atoms in total. The highest BCUT2D eigenvalue weighted by Crippen LogP contribution is 2.40. The molecular weight excluding hydrogens is 380 g/mol. The van der Waals surface area contributed by atoms with Crippen LogP contribution in [0.4, 0.5) is 0 Å². The number of carbonyl (C=O) groups is 2. The maximum atomic E-state index is 13.4. The van der Waals surface area contributed by atoms with Gasteiger partial charge in [-0.2, -0.15) is 5.10 Å². The zero-order chi connectivity index (χ0) is 21.4. The molecule has 8 heteroatoms. The molecule has 2 aromatic rings.